The van der Waals surface area contributed by atoms with E-state index >= 15 is 0 Å². The minimum Gasteiger partial charge on any atom is -0.461 e. The van der Waals surface area contributed by atoms with Gasteiger partial charge in [0.15, 0.2) is 0 Å². The zero-order valence-electron chi connectivity index (χ0n) is 22.0. The van der Waals surface area contributed by atoms with Gasteiger partial charge in [-0.3, -0.25) is 9.69 Å². The van der Waals surface area contributed by atoms with E-state index in [-0.39, 0.29) is 23.9 Å². The molecule has 1 aromatic heterocycles. The zero-order chi connectivity index (χ0) is 24.9. The lowest BCUT2D eigenvalue weighted by atomic mass is 9.42. The second-order valence-corrected chi connectivity index (χ2v) is 13.6. The van der Waals surface area contributed by atoms with Gasteiger partial charge in [0.25, 0.3) is 5.56 Å². The van der Waals surface area contributed by atoms with E-state index in [0.717, 1.165) is 24.3 Å². The number of hydrogen-bond acceptors (Lipinski definition) is 5. The topological polar surface area (TPSA) is 64.4 Å². The molecule has 6 heteroatoms. The highest BCUT2D eigenvalue weighted by molar-refractivity contribution is 5.89. The summed E-state index contributed by atoms with van der Waals surface area (Å²) in [6, 6.07) is 8.88. The first kappa shape index (κ1) is 22.9. The van der Waals surface area contributed by atoms with Crippen molar-refractivity contribution in [2.24, 2.45) is 16.7 Å². The number of nitrogens with zero attached hydrogens (tertiary/aromatic N) is 3. The van der Waals surface area contributed by atoms with Crippen molar-refractivity contribution in [3.63, 3.8) is 0 Å². The predicted molar refractivity (Wildman–Crippen MR) is 139 cm³/mol. The molecule has 4 aliphatic carbocycles. The Kier molecular flexibility index (Phi) is 4.88. The summed E-state index contributed by atoms with van der Waals surface area (Å²) in [4.78, 5) is 33.8. The van der Waals surface area contributed by atoms with E-state index in [1.54, 1.807) is 6.92 Å². The first-order chi connectivity index (χ1) is 17.2. The molecule has 1 aromatic carbocycles. The van der Waals surface area contributed by atoms with Crippen LogP contribution in [0.15, 0.2) is 29.1 Å². The Balaban J connectivity index is 1.26. The molecule has 6 bridgehead atoms. The Morgan fingerprint density at radius 3 is 2.31 bits per heavy atom. The van der Waals surface area contributed by atoms with Crippen LogP contribution in [0, 0.1) is 16.7 Å². The molecule has 2 aromatic rings. The van der Waals surface area contributed by atoms with Crippen LogP contribution in [0.1, 0.15) is 102 Å². The van der Waals surface area contributed by atoms with E-state index in [1.807, 2.05) is 28.8 Å². The van der Waals surface area contributed by atoms with Crippen molar-refractivity contribution in [2.45, 2.75) is 109 Å². The Hall–Kier alpha value is -2.21. The summed E-state index contributed by atoms with van der Waals surface area (Å²) >= 11 is 0. The monoisotopic (exact) mass is 489 g/mol. The van der Waals surface area contributed by atoms with E-state index in [2.05, 4.69) is 23.7 Å². The maximum absolute atomic E-state index is 13.7. The fourth-order valence-electron chi connectivity index (χ4n) is 10.7. The molecular weight excluding hydrogens is 450 g/mol. The molecule has 8 rings (SSSR count). The van der Waals surface area contributed by atoms with Crippen molar-refractivity contribution in [2.75, 3.05) is 6.61 Å². The number of fused-ring (bicyclic) bond motifs is 3. The highest BCUT2D eigenvalue weighted by Gasteiger charge is 2.64. The van der Waals surface area contributed by atoms with Gasteiger partial charge in [-0.25, -0.2) is 9.78 Å². The average Bonchev–Trinajstić information content (AvgIpc) is 3.08. The minimum absolute atomic E-state index is 0.0766. The standard InChI is InChI=1S/C30H39N3O3/c1-4-36-27(35)25-26(34)32(24-8-6-5-7-23(24)31-25)22-11-20-9-10-21(12-22)33(20)30-15-19-13-28(2,17-30)16-29(3,14-19)18-30/h5-8,19-22H,4,9-18H2,1-3H3/t19?,20-,21+,22-,28?,29?,30?. The summed E-state index contributed by atoms with van der Waals surface area (Å²) in [5.41, 5.74) is 2.50. The van der Waals surface area contributed by atoms with Gasteiger partial charge >= 0.3 is 5.97 Å². The van der Waals surface area contributed by atoms with Gasteiger partial charge in [-0.15, -0.1) is 0 Å². The lowest BCUT2D eigenvalue weighted by molar-refractivity contribution is -0.180. The number of aromatic nitrogens is 2. The molecule has 0 radical (unpaired) electrons. The van der Waals surface area contributed by atoms with Gasteiger partial charge in [0.05, 0.1) is 17.6 Å². The summed E-state index contributed by atoms with van der Waals surface area (Å²) in [5.74, 6) is 0.268. The SMILES string of the molecule is CCOC(=O)c1nc2ccccc2n([C@@H]2C[C@H]3CC[C@@H](C2)N3C23CC4CC(C)(CC(C)(C4)C2)C3)c1=O. The molecular formula is C30H39N3O3. The largest absolute Gasteiger partial charge is 0.461 e. The van der Waals surface area contributed by atoms with Gasteiger partial charge in [-0.05, 0) is 100 Å². The third-order valence-electron chi connectivity index (χ3n) is 10.5. The molecule has 6 fully saturated rings. The third-order valence-corrected chi connectivity index (χ3v) is 10.5. The number of benzene rings is 1. The smallest absolute Gasteiger partial charge is 0.362 e. The number of rotatable bonds is 4. The highest BCUT2D eigenvalue weighted by Crippen LogP contribution is 2.69. The second-order valence-electron chi connectivity index (χ2n) is 13.6. The molecule has 2 unspecified atom stereocenters. The van der Waals surface area contributed by atoms with E-state index in [4.69, 9.17) is 4.74 Å². The third kappa shape index (κ3) is 3.28. The van der Waals surface area contributed by atoms with Crippen molar-refractivity contribution >= 4 is 17.0 Å². The van der Waals surface area contributed by atoms with Gasteiger partial charge < -0.3 is 9.30 Å². The van der Waals surface area contributed by atoms with Crippen molar-refractivity contribution in [3.05, 3.63) is 40.3 Å². The first-order valence-electron chi connectivity index (χ1n) is 14.2. The summed E-state index contributed by atoms with van der Waals surface area (Å²) in [7, 11) is 0. The fraction of sp³-hybridized carbons (Fsp3) is 0.700. The van der Waals surface area contributed by atoms with Gasteiger partial charge in [0, 0.05) is 23.7 Å². The van der Waals surface area contributed by atoms with E-state index < -0.39 is 5.97 Å². The van der Waals surface area contributed by atoms with Crippen molar-refractivity contribution in [1.82, 2.24) is 14.5 Å². The molecule has 5 atom stereocenters. The Bertz CT molecular complexity index is 1270. The molecule has 3 heterocycles. The quantitative estimate of drug-likeness (QED) is 0.532. The normalized spacial score (nSPS) is 41.2. The molecule has 6 nitrogen and oxygen atoms in total. The summed E-state index contributed by atoms with van der Waals surface area (Å²) in [5, 5.41) is 0. The number of piperidine rings is 1. The molecule has 192 valence electrons. The van der Waals surface area contributed by atoms with Crippen LogP contribution in [0.5, 0.6) is 0 Å². The first-order valence-corrected chi connectivity index (χ1v) is 14.2. The van der Waals surface area contributed by atoms with Crippen LogP contribution in [-0.2, 0) is 4.74 Å². The molecule has 4 saturated carbocycles. The number of esters is 1. The number of para-hydroxylation sites is 2. The Morgan fingerprint density at radius 1 is 1.00 bits per heavy atom. The minimum atomic E-state index is -0.613. The van der Waals surface area contributed by atoms with Gasteiger partial charge in [0.2, 0.25) is 5.69 Å². The van der Waals surface area contributed by atoms with Gasteiger partial charge in [-0.2, -0.15) is 0 Å². The summed E-state index contributed by atoms with van der Waals surface area (Å²) in [6.07, 6.45) is 12.7. The highest BCUT2D eigenvalue weighted by atomic mass is 16.5. The van der Waals surface area contributed by atoms with Gasteiger partial charge in [-0.1, -0.05) is 26.0 Å². The van der Waals surface area contributed by atoms with Crippen LogP contribution in [0.25, 0.3) is 11.0 Å². The van der Waals surface area contributed by atoms with Crippen molar-refractivity contribution in [3.8, 4) is 0 Å². The van der Waals surface area contributed by atoms with Gasteiger partial charge in [0.1, 0.15) is 0 Å². The van der Waals surface area contributed by atoms with Crippen LogP contribution in [0.2, 0.25) is 0 Å². The summed E-state index contributed by atoms with van der Waals surface area (Å²) < 4.78 is 7.11. The van der Waals surface area contributed by atoms with Crippen molar-refractivity contribution < 1.29 is 9.53 Å². The molecule has 2 saturated heterocycles. The van der Waals surface area contributed by atoms with Crippen LogP contribution < -0.4 is 5.56 Å². The maximum atomic E-state index is 13.7. The van der Waals surface area contributed by atoms with Crippen LogP contribution in [0.4, 0.5) is 0 Å². The molecule has 36 heavy (non-hydrogen) atoms. The van der Waals surface area contributed by atoms with Crippen LogP contribution in [-0.4, -0.2) is 44.6 Å². The average molecular weight is 490 g/mol. The molecule has 2 aliphatic heterocycles. The number of carbonyl (C=O) groups is 1. The van der Waals surface area contributed by atoms with Crippen molar-refractivity contribution in [1.29, 1.82) is 0 Å². The number of hydrogen-bond donors (Lipinski definition) is 0. The molecule has 6 aliphatic rings. The molecule has 0 amide bonds. The predicted octanol–water partition coefficient (Wildman–Crippen LogP) is 5.49. The Morgan fingerprint density at radius 2 is 1.67 bits per heavy atom. The molecule has 0 spiro atoms. The second kappa shape index (κ2) is 7.66. The lowest BCUT2D eigenvalue weighted by Gasteiger charge is -2.69. The van der Waals surface area contributed by atoms with E-state index in [9.17, 15) is 9.59 Å². The zero-order valence-corrected chi connectivity index (χ0v) is 22.0. The van der Waals surface area contributed by atoms with E-state index in [0.29, 0.717) is 34.0 Å². The Labute approximate surface area is 213 Å². The maximum Gasteiger partial charge on any atom is 0.362 e. The molecule has 0 N–H and O–H groups in total. The van der Waals surface area contributed by atoms with Crippen LogP contribution in [0.3, 0.4) is 0 Å². The number of carbonyl (C=O) groups excluding carboxylic acids is 1. The van der Waals surface area contributed by atoms with Crippen LogP contribution >= 0.6 is 0 Å². The lowest BCUT2D eigenvalue weighted by Crippen LogP contribution is -2.68. The number of ether oxygens (including phenoxy) is 1. The fourth-order valence-corrected chi connectivity index (χ4v) is 10.7. The summed E-state index contributed by atoms with van der Waals surface area (Å²) in [6.45, 7) is 7.13. The van der Waals surface area contributed by atoms with E-state index in [1.165, 1.54) is 51.4 Å².